The van der Waals surface area contributed by atoms with Gasteiger partial charge in [-0.05, 0) is 49.6 Å². The molecule has 2 amide bonds. The zero-order valence-corrected chi connectivity index (χ0v) is 15.9. The lowest BCUT2D eigenvalue weighted by Crippen LogP contribution is -2.32. The number of ether oxygens (including phenoxy) is 2. The number of nitrogens with one attached hydrogen (secondary N) is 2. The maximum absolute atomic E-state index is 12.0. The first-order valence-corrected chi connectivity index (χ1v) is 8.99. The first-order valence-electron chi connectivity index (χ1n) is 8.99. The average molecular weight is 356 g/mol. The summed E-state index contributed by atoms with van der Waals surface area (Å²) < 4.78 is 11.3. The molecule has 0 bridgehead atoms. The Kier molecular flexibility index (Phi) is 7.33. The quantitative estimate of drug-likeness (QED) is 0.668. The van der Waals surface area contributed by atoms with Gasteiger partial charge in [-0.1, -0.05) is 38.1 Å². The molecule has 0 radical (unpaired) electrons. The van der Waals surface area contributed by atoms with Crippen LogP contribution in [-0.4, -0.2) is 25.3 Å². The molecule has 0 unspecified atom stereocenters. The minimum absolute atomic E-state index is 0.0384. The Bertz CT molecular complexity index is 697. The molecular formula is C21H28N2O3. The molecule has 0 aliphatic rings. The first kappa shape index (κ1) is 19.6. The summed E-state index contributed by atoms with van der Waals surface area (Å²) >= 11 is 0. The van der Waals surface area contributed by atoms with E-state index in [9.17, 15) is 4.79 Å². The van der Waals surface area contributed by atoms with E-state index in [4.69, 9.17) is 9.47 Å². The summed E-state index contributed by atoms with van der Waals surface area (Å²) in [4.78, 5) is 12.0. The zero-order chi connectivity index (χ0) is 18.9. The van der Waals surface area contributed by atoms with Crippen molar-refractivity contribution in [3.63, 3.8) is 0 Å². The van der Waals surface area contributed by atoms with E-state index < -0.39 is 0 Å². The molecule has 0 aliphatic heterocycles. The van der Waals surface area contributed by atoms with Gasteiger partial charge in [-0.2, -0.15) is 0 Å². The number of carbonyl (C=O) groups is 1. The Balaban J connectivity index is 1.75. The number of hydrogen-bond donors (Lipinski definition) is 2. The van der Waals surface area contributed by atoms with Gasteiger partial charge in [0.05, 0.1) is 18.3 Å². The van der Waals surface area contributed by atoms with Gasteiger partial charge in [-0.25, -0.2) is 4.79 Å². The van der Waals surface area contributed by atoms with E-state index in [0.29, 0.717) is 30.5 Å². The van der Waals surface area contributed by atoms with Gasteiger partial charge in [-0.15, -0.1) is 0 Å². The van der Waals surface area contributed by atoms with Crippen molar-refractivity contribution in [2.75, 3.05) is 18.5 Å². The largest absolute Gasteiger partial charge is 0.492 e. The van der Waals surface area contributed by atoms with Crippen LogP contribution in [-0.2, 0) is 0 Å². The predicted molar refractivity (Wildman–Crippen MR) is 105 cm³/mol. The van der Waals surface area contributed by atoms with Crippen LogP contribution in [0.4, 0.5) is 10.5 Å². The van der Waals surface area contributed by atoms with Crippen molar-refractivity contribution >= 4 is 11.7 Å². The van der Waals surface area contributed by atoms with Crippen LogP contribution in [0.15, 0.2) is 48.5 Å². The van der Waals surface area contributed by atoms with Crippen LogP contribution in [0, 0.1) is 0 Å². The Hall–Kier alpha value is -2.69. The number of hydrogen-bond acceptors (Lipinski definition) is 3. The van der Waals surface area contributed by atoms with Crippen molar-refractivity contribution in [3.8, 4) is 11.5 Å². The fourth-order valence-electron chi connectivity index (χ4n) is 2.38. The smallest absolute Gasteiger partial charge is 0.319 e. The second-order valence-corrected chi connectivity index (χ2v) is 6.62. The molecule has 0 aliphatic carbocycles. The summed E-state index contributed by atoms with van der Waals surface area (Å²) in [7, 11) is 0. The van der Waals surface area contributed by atoms with Crippen molar-refractivity contribution in [2.24, 2.45) is 0 Å². The highest BCUT2D eigenvalue weighted by atomic mass is 16.5. The summed E-state index contributed by atoms with van der Waals surface area (Å²) in [5, 5.41) is 5.58. The number of urea groups is 1. The standard InChI is InChI=1S/C21H28N2O3/c1-15(2)17-9-11-18(12-10-17)25-14-13-22-21(24)23-19-7-5-6-8-20(19)26-16(3)4/h5-12,15-16H,13-14H2,1-4H3,(H2,22,23,24). The molecule has 5 nitrogen and oxygen atoms in total. The molecule has 2 rings (SSSR count). The number of benzene rings is 2. The average Bonchev–Trinajstić information content (AvgIpc) is 2.60. The fraction of sp³-hybridized carbons (Fsp3) is 0.381. The maximum Gasteiger partial charge on any atom is 0.319 e. The predicted octanol–water partition coefficient (Wildman–Crippen LogP) is 4.80. The van der Waals surface area contributed by atoms with Gasteiger partial charge in [0.15, 0.2) is 0 Å². The molecule has 0 aromatic heterocycles. The van der Waals surface area contributed by atoms with Gasteiger partial charge in [-0.3, -0.25) is 0 Å². The lowest BCUT2D eigenvalue weighted by molar-refractivity contribution is 0.240. The Morgan fingerprint density at radius 3 is 2.35 bits per heavy atom. The highest BCUT2D eigenvalue weighted by Crippen LogP contribution is 2.24. The molecular weight excluding hydrogens is 328 g/mol. The van der Waals surface area contributed by atoms with E-state index in [1.807, 2.05) is 50.2 Å². The fourth-order valence-corrected chi connectivity index (χ4v) is 2.38. The van der Waals surface area contributed by atoms with Gasteiger partial charge in [0.1, 0.15) is 18.1 Å². The van der Waals surface area contributed by atoms with E-state index in [1.54, 1.807) is 0 Å². The number of para-hydroxylation sites is 2. The summed E-state index contributed by atoms with van der Waals surface area (Å²) in [5.41, 5.74) is 1.92. The molecule has 2 aromatic carbocycles. The molecule has 0 fully saturated rings. The van der Waals surface area contributed by atoms with E-state index in [0.717, 1.165) is 5.75 Å². The van der Waals surface area contributed by atoms with E-state index in [2.05, 4.69) is 36.6 Å². The van der Waals surface area contributed by atoms with Crippen LogP contribution in [0.1, 0.15) is 39.2 Å². The van der Waals surface area contributed by atoms with Crippen molar-refractivity contribution in [2.45, 2.75) is 39.7 Å². The SMILES string of the molecule is CC(C)Oc1ccccc1NC(=O)NCCOc1ccc(C(C)C)cc1. The second-order valence-electron chi connectivity index (χ2n) is 6.62. The summed E-state index contributed by atoms with van der Waals surface area (Å²) in [6, 6.07) is 15.1. The number of anilines is 1. The van der Waals surface area contributed by atoms with Crippen molar-refractivity contribution < 1.29 is 14.3 Å². The molecule has 2 N–H and O–H groups in total. The molecule has 0 saturated heterocycles. The maximum atomic E-state index is 12.0. The lowest BCUT2D eigenvalue weighted by atomic mass is 10.0. The second kappa shape index (κ2) is 9.70. The third kappa shape index (κ3) is 6.31. The molecule has 2 aromatic rings. The van der Waals surface area contributed by atoms with Gasteiger partial charge in [0.25, 0.3) is 0 Å². The Morgan fingerprint density at radius 1 is 1.00 bits per heavy atom. The van der Waals surface area contributed by atoms with Crippen molar-refractivity contribution in [1.29, 1.82) is 0 Å². The Morgan fingerprint density at radius 2 is 1.69 bits per heavy atom. The van der Waals surface area contributed by atoms with E-state index in [-0.39, 0.29) is 12.1 Å². The topological polar surface area (TPSA) is 59.6 Å². The van der Waals surface area contributed by atoms with Gasteiger partial charge in [0, 0.05) is 0 Å². The molecule has 140 valence electrons. The third-order valence-corrected chi connectivity index (χ3v) is 3.70. The van der Waals surface area contributed by atoms with Crippen LogP contribution < -0.4 is 20.1 Å². The number of carbonyl (C=O) groups excluding carboxylic acids is 1. The van der Waals surface area contributed by atoms with Gasteiger partial charge in [0.2, 0.25) is 0 Å². The van der Waals surface area contributed by atoms with Crippen LogP contribution in [0.25, 0.3) is 0 Å². The van der Waals surface area contributed by atoms with Gasteiger partial charge < -0.3 is 20.1 Å². The molecule has 0 heterocycles. The summed E-state index contributed by atoms with van der Waals surface area (Å²) in [5.74, 6) is 1.95. The minimum atomic E-state index is -0.288. The molecule has 0 atom stereocenters. The van der Waals surface area contributed by atoms with Crippen molar-refractivity contribution in [1.82, 2.24) is 5.32 Å². The first-order chi connectivity index (χ1) is 12.5. The third-order valence-electron chi connectivity index (χ3n) is 3.70. The highest BCUT2D eigenvalue weighted by Gasteiger charge is 2.08. The minimum Gasteiger partial charge on any atom is -0.492 e. The number of rotatable bonds is 8. The lowest BCUT2D eigenvalue weighted by Gasteiger charge is -2.15. The molecule has 5 heteroatoms. The van der Waals surface area contributed by atoms with Crippen LogP contribution in [0.5, 0.6) is 11.5 Å². The Labute approximate surface area is 155 Å². The normalized spacial score (nSPS) is 10.7. The molecule has 0 saturated carbocycles. The van der Waals surface area contributed by atoms with Gasteiger partial charge >= 0.3 is 6.03 Å². The van der Waals surface area contributed by atoms with Crippen LogP contribution in [0.2, 0.25) is 0 Å². The summed E-state index contributed by atoms with van der Waals surface area (Å²) in [6.45, 7) is 9.01. The van der Waals surface area contributed by atoms with Crippen LogP contribution in [0.3, 0.4) is 0 Å². The number of amides is 2. The highest BCUT2D eigenvalue weighted by molar-refractivity contribution is 5.90. The van der Waals surface area contributed by atoms with E-state index in [1.165, 1.54) is 5.56 Å². The molecule has 0 spiro atoms. The molecule has 26 heavy (non-hydrogen) atoms. The monoisotopic (exact) mass is 356 g/mol. The summed E-state index contributed by atoms with van der Waals surface area (Å²) in [6.07, 6.45) is 0.0384. The van der Waals surface area contributed by atoms with Crippen molar-refractivity contribution in [3.05, 3.63) is 54.1 Å². The zero-order valence-electron chi connectivity index (χ0n) is 15.9. The van der Waals surface area contributed by atoms with Crippen LogP contribution >= 0.6 is 0 Å². The van der Waals surface area contributed by atoms with E-state index >= 15 is 0 Å².